The van der Waals surface area contributed by atoms with Crippen LogP contribution < -0.4 is 14.5 Å². The molecular weight excluding hydrogens is 380 g/mol. The molecule has 1 spiro atoms. The van der Waals surface area contributed by atoms with Crippen molar-refractivity contribution in [2.24, 2.45) is 5.41 Å². The second-order valence-corrected chi connectivity index (χ2v) is 8.77. The van der Waals surface area contributed by atoms with Gasteiger partial charge in [0.2, 0.25) is 0 Å². The highest BCUT2D eigenvalue weighted by Crippen LogP contribution is 2.43. The number of methoxy groups -OCH3 is 1. The van der Waals surface area contributed by atoms with Gasteiger partial charge < -0.3 is 24.3 Å². The molecule has 0 N–H and O–H groups in total. The van der Waals surface area contributed by atoms with E-state index < -0.39 is 0 Å². The Hall–Kier alpha value is -2.87. The topological polar surface area (TPSA) is 65.0 Å². The Kier molecular flexibility index (Phi) is 4.73. The molecule has 3 aliphatic heterocycles. The zero-order chi connectivity index (χ0) is 20.7. The molecule has 1 aromatic heterocycles. The zero-order valence-electron chi connectivity index (χ0n) is 17.6. The van der Waals surface area contributed by atoms with Crippen LogP contribution in [0.3, 0.4) is 0 Å². The number of likely N-dealkylation sites (N-methyl/N-ethyl adjacent to an activating group) is 1. The summed E-state index contributed by atoms with van der Waals surface area (Å²) in [6.07, 6.45) is 3.36. The fraction of sp³-hybridized carbons (Fsp3) is 0.500. The average molecular weight is 409 g/mol. The molecular formula is C22H28N6O2. The normalized spacial score (nSPS) is 20.7. The Bertz CT molecular complexity index is 911. The monoisotopic (exact) mass is 408 g/mol. The van der Waals surface area contributed by atoms with Crippen molar-refractivity contribution < 1.29 is 9.53 Å². The number of carbonyl (C=O) groups is 1. The van der Waals surface area contributed by atoms with E-state index in [4.69, 9.17) is 4.74 Å². The van der Waals surface area contributed by atoms with Crippen molar-refractivity contribution in [3.63, 3.8) is 0 Å². The summed E-state index contributed by atoms with van der Waals surface area (Å²) in [7, 11) is 3.77. The summed E-state index contributed by atoms with van der Waals surface area (Å²) >= 11 is 0. The van der Waals surface area contributed by atoms with Crippen molar-refractivity contribution in [2.75, 3.05) is 76.3 Å². The summed E-state index contributed by atoms with van der Waals surface area (Å²) in [5.41, 5.74) is 2.00. The van der Waals surface area contributed by atoms with E-state index in [0.29, 0.717) is 11.1 Å². The lowest BCUT2D eigenvalue weighted by Gasteiger charge is -2.61. The molecule has 0 bridgehead atoms. The lowest BCUT2D eigenvalue weighted by atomic mass is 9.72. The second-order valence-electron chi connectivity index (χ2n) is 8.77. The van der Waals surface area contributed by atoms with Gasteiger partial charge in [0.1, 0.15) is 17.3 Å². The molecule has 0 atom stereocenters. The minimum atomic E-state index is -0.0120. The van der Waals surface area contributed by atoms with Gasteiger partial charge in [-0.1, -0.05) is 0 Å². The zero-order valence-corrected chi connectivity index (χ0v) is 17.6. The fourth-order valence-corrected chi connectivity index (χ4v) is 4.65. The van der Waals surface area contributed by atoms with E-state index in [-0.39, 0.29) is 5.91 Å². The first kappa shape index (κ1) is 19.1. The van der Waals surface area contributed by atoms with E-state index in [9.17, 15) is 4.79 Å². The molecule has 8 nitrogen and oxygen atoms in total. The summed E-state index contributed by atoms with van der Waals surface area (Å²) in [5.74, 6) is 1.68. The van der Waals surface area contributed by atoms with Crippen LogP contribution in [-0.2, 0) is 0 Å². The van der Waals surface area contributed by atoms with Gasteiger partial charge in [-0.25, -0.2) is 4.98 Å². The van der Waals surface area contributed by atoms with Gasteiger partial charge in [0.15, 0.2) is 0 Å². The van der Waals surface area contributed by atoms with Crippen LogP contribution in [0.1, 0.15) is 10.5 Å². The molecule has 0 unspecified atom stereocenters. The summed E-state index contributed by atoms with van der Waals surface area (Å²) in [4.78, 5) is 30.5. The van der Waals surface area contributed by atoms with Crippen LogP contribution in [0.25, 0.3) is 0 Å². The molecule has 0 aliphatic carbocycles. The van der Waals surface area contributed by atoms with E-state index >= 15 is 0 Å². The summed E-state index contributed by atoms with van der Waals surface area (Å²) < 4.78 is 5.24. The number of piperazine rings is 1. The van der Waals surface area contributed by atoms with Crippen molar-refractivity contribution in [3.05, 3.63) is 42.4 Å². The average Bonchev–Trinajstić information content (AvgIpc) is 2.72. The fourth-order valence-electron chi connectivity index (χ4n) is 4.65. The Morgan fingerprint density at radius 1 is 0.967 bits per heavy atom. The first-order chi connectivity index (χ1) is 14.5. The van der Waals surface area contributed by atoms with Crippen LogP contribution in [0.5, 0.6) is 5.75 Å². The lowest BCUT2D eigenvalue weighted by molar-refractivity contribution is 0.0657. The van der Waals surface area contributed by atoms with Crippen LogP contribution >= 0.6 is 0 Å². The molecule has 158 valence electrons. The third-order valence-electron chi connectivity index (χ3n) is 6.50. The van der Waals surface area contributed by atoms with Crippen molar-refractivity contribution in [3.8, 4) is 5.75 Å². The van der Waals surface area contributed by atoms with E-state index in [1.54, 1.807) is 19.5 Å². The van der Waals surface area contributed by atoms with Gasteiger partial charge in [-0.15, -0.1) is 0 Å². The summed E-state index contributed by atoms with van der Waals surface area (Å²) in [6, 6.07) is 8.24. The maximum absolute atomic E-state index is 12.8. The van der Waals surface area contributed by atoms with Crippen molar-refractivity contribution in [1.82, 2.24) is 19.8 Å². The highest BCUT2D eigenvalue weighted by Gasteiger charge is 2.52. The molecule has 1 amide bonds. The number of hydrogen-bond acceptors (Lipinski definition) is 7. The van der Waals surface area contributed by atoms with Gasteiger partial charge >= 0.3 is 0 Å². The van der Waals surface area contributed by atoms with E-state index in [2.05, 4.69) is 43.8 Å². The van der Waals surface area contributed by atoms with Crippen LogP contribution in [0.2, 0.25) is 0 Å². The Morgan fingerprint density at radius 2 is 1.63 bits per heavy atom. The quantitative estimate of drug-likeness (QED) is 0.753. The SMILES string of the molecule is COc1ccc(N2CC3(C2)CN(c2cncc(C(=O)N4CCN(C)CC4)n2)C3)cc1. The minimum absolute atomic E-state index is 0.0120. The van der Waals surface area contributed by atoms with Crippen molar-refractivity contribution in [1.29, 1.82) is 0 Å². The van der Waals surface area contributed by atoms with Crippen molar-refractivity contribution >= 4 is 17.4 Å². The molecule has 2 aromatic rings. The predicted octanol–water partition coefficient (Wildman–Crippen LogP) is 1.20. The number of nitrogens with zero attached hydrogens (tertiary/aromatic N) is 6. The van der Waals surface area contributed by atoms with Gasteiger partial charge in [0, 0.05) is 63.5 Å². The van der Waals surface area contributed by atoms with Gasteiger partial charge in [-0.2, -0.15) is 0 Å². The molecule has 0 saturated carbocycles. The Balaban J connectivity index is 1.18. The van der Waals surface area contributed by atoms with Crippen LogP contribution in [-0.4, -0.2) is 92.2 Å². The van der Waals surface area contributed by atoms with Gasteiger partial charge in [-0.3, -0.25) is 9.78 Å². The number of aromatic nitrogens is 2. The highest BCUT2D eigenvalue weighted by molar-refractivity contribution is 5.92. The van der Waals surface area contributed by atoms with Crippen LogP contribution in [0, 0.1) is 5.41 Å². The van der Waals surface area contributed by atoms with Crippen LogP contribution in [0.15, 0.2) is 36.7 Å². The molecule has 3 fully saturated rings. The smallest absolute Gasteiger partial charge is 0.274 e. The molecule has 30 heavy (non-hydrogen) atoms. The third kappa shape index (κ3) is 3.45. The minimum Gasteiger partial charge on any atom is -0.497 e. The Labute approximate surface area is 177 Å². The number of ether oxygens (including phenoxy) is 1. The molecule has 0 radical (unpaired) electrons. The van der Waals surface area contributed by atoms with E-state index in [1.807, 2.05) is 17.0 Å². The van der Waals surface area contributed by atoms with E-state index in [1.165, 1.54) is 5.69 Å². The molecule has 4 heterocycles. The molecule has 3 aliphatic rings. The maximum atomic E-state index is 12.8. The van der Waals surface area contributed by atoms with Crippen LogP contribution in [0.4, 0.5) is 11.5 Å². The van der Waals surface area contributed by atoms with E-state index in [0.717, 1.165) is 63.9 Å². The number of rotatable bonds is 4. The second kappa shape index (κ2) is 7.43. The summed E-state index contributed by atoms with van der Waals surface area (Å²) in [5, 5.41) is 0. The highest BCUT2D eigenvalue weighted by atomic mass is 16.5. The number of hydrogen-bond donors (Lipinski definition) is 0. The standard InChI is InChI=1S/C22H28N6O2/c1-25-7-9-26(10-8-25)21(29)19-11-23-12-20(24-19)28-15-22(16-28)13-27(14-22)17-3-5-18(30-2)6-4-17/h3-6,11-12H,7-10,13-16H2,1-2H3. The van der Waals surface area contributed by atoms with Gasteiger partial charge in [-0.05, 0) is 31.3 Å². The first-order valence-corrected chi connectivity index (χ1v) is 10.5. The third-order valence-corrected chi connectivity index (χ3v) is 6.50. The lowest BCUT2D eigenvalue weighted by Crippen LogP contribution is -2.72. The van der Waals surface area contributed by atoms with Gasteiger partial charge in [0.25, 0.3) is 5.91 Å². The first-order valence-electron chi connectivity index (χ1n) is 10.5. The molecule has 3 saturated heterocycles. The largest absolute Gasteiger partial charge is 0.497 e. The number of amides is 1. The van der Waals surface area contributed by atoms with Crippen molar-refractivity contribution in [2.45, 2.75) is 0 Å². The molecule has 1 aromatic carbocycles. The van der Waals surface area contributed by atoms with Gasteiger partial charge in [0.05, 0.1) is 19.5 Å². The Morgan fingerprint density at radius 3 is 2.30 bits per heavy atom. The predicted molar refractivity (Wildman–Crippen MR) is 115 cm³/mol. The maximum Gasteiger partial charge on any atom is 0.274 e. The number of anilines is 2. The molecule has 8 heteroatoms. The number of carbonyl (C=O) groups excluding carboxylic acids is 1. The molecule has 5 rings (SSSR count). The number of benzene rings is 1. The summed E-state index contributed by atoms with van der Waals surface area (Å²) in [6.45, 7) is 7.30.